The standard InChI is InChI=1S/C19H33N3O3.HI/c1-14(25-16-11-9-8-10-15(16)23-6)12-21-18(20-5)22-13-17(24-7)19(2,3)4;/h8-11,14,17H,12-13H2,1-7H3,(H2,20,21,22);1H. The molecule has 0 saturated carbocycles. The van der Waals surface area contributed by atoms with Gasteiger partial charge in [0.05, 0.1) is 19.8 Å². The van der Waals surface area contributed by atoms with Gasteiger partial charge in [0.2, 0.25) is 0 Å². The third kappa shape index (κ3) is 8.44. The number of nitrogens with one attached hydrogen (secondary N) is 2. The number of ether oxygens (including phenoxy) is 3. The average molecular weight is 479 g/mol. The largest absolute Gasteiger partial charge is 0.493 e. The summed E-state index contributed by atoms with van der Waals surface area (Å²) in [7, 11) is 5.12. The smallest absolute Gasteiger partial charge is 0.191 e. The molecule has 0 amide bonds. The molecule has 0 aliphatic heterocycles. The maximum absolute atomic E-state index is 5.94. The van der Waals surface area contributed by atoms with Crippen LogP contribution < -0.4 is 20.1 Å². The molecule has 7 heteroatoms. The van der Waals surface area contributed by atoms with E-state index in [4.69, 9.17) is 14.2 Å². The molecule has 26 heavy (non-hydrogen) atoms. The zero-order chi connectivity index (χ0) is 18.9. The van der Waals surface area contributed by atoms with Crippen LogP contribution in [0.15, 0.2) is 29.3 Å². The fourth-order valence-corrected chi connectivity index (χ4v) is 2.37. The Morgan fingerprint density at radius 2 is 1.65 bits per heavy atom. The lowest BCUT2D eigenvalue weighted by Gasteiger charge is -2.30. The Balaban J connectivity index is 0.00000625. The van der Waals surface area contributed by atoms with Crippen LogP contribution in [0.25, 0.3) is 0 Å². The van der Waals surface area contributed by atoms with Crippen molar-refractivity contribution in [3.8, 4) is 11.5 Å². The molecule has 0 aliphatic carbocycles. The molecule has 0 saturated heterocycles. The highest BCUT2D eigenvalue weighted by Crippen LogP contribution is 2.26. The second-order valence-electron chi connectivity index (χ2n) is 7.00. The topological polar surface area (TPSA) is 64.1 Å². The summed E-state index contributed by atoms with van der Waals surface area (Å²) in [6.45, 7) is 9.76. The zero-order valence-corrected chi connectivity index (χ0v) is 19.3. The molecule has 0 radical (unpaired) electrons. The molecular formula is C19H34IN3O3. The number of halogens is 1. The van der Waals surface area contributed by atoms with Crippen LogP contribution in [0.2, 0.25) is 0 Å². The number of methoxy groups -OCH3 is 2. The molecule has 1 aromatic carbocycles. The molecule has 0 fully saturated rings. The third-order valence-corrected chi connectivity index (χ3v) is 3.88. The number of rotatable bonds is 8. The molecular weight excluding hydrogens is 445 g/mol. The molecule has 0 aromatic heterocycles. The van der Waals surface area contributed by atoms with Gasteiger partial charge < -0.3 is 24.8 Å². The van der Waals surface area contributed by atoms with Crippen LogP contribution in [0.4, 0.5) is 0 Å². The minimum atomic E-state index is -0.0457. The molecule has 0 heterocycles. The van der Waals surface area contributed by atoms with Crippen molar-refractivity contribution < 1.29 is 14.2 Å². The number of aliphatic imine (C=N–C) groups is 1. The minimum absolute atomic E-state index is 0. The molecule has 0 aliphatic rings. The average Bonchev–Trinajstić information content (AvgIpc) is 2.57. The second-order valence-corrected chi connectivity index (χ2v) is 7.00. The fraction of sp³-hybridized carbons (Fsp3) is 0.632. The monoisotopic (exact) mass is 479 g/mol. The Bertz CT molecular complexity index is 547. The summed E-state index contributed by atoms with van der Waals surface area (Å²) in [5.41, 5.74) is 0.0564. The quantitative estimate of drug-likeness (QED) is 0.341. The number of hydrogen-bond donors (Lipinski definition) is 2. The van der Waals surface area contributed by atoms with Gasteiger partial charge in [0, 0.05) is 20.7 Å². The fourth-order valence-electron chi connectivity index (χ4n) is 2.37. The SMILES string of the molecule is CN=C(NCC(C)Oc1ccccc1OC)NCC(OC)C(C)(C)C.I. The Morgan fingerprint density at radius 1 is 1.08 bits per heavy atom. The van der Waals surface area contributed by atoms with Gasteiger partial charge in [0.1, 0.15) is 6.10 Å². The van der Waals surface area contributed by atoms with Gasteiger partial charge in [0.15, 0.2) is 17.5 Å². The van der Waals surface area contributed by atoms with E-state index in [2.05, 4.69) is 36.4 Å². The number of benzene rings is 1. The van der Waals surface area contributed by atoms with Crippen LogP contribution in [0.3, 0.4) is 0 Å². The van der Waals surface area contributed by atoms with Crippen LogP contribution >= 0.6 is 24.0 Å². The summed E-state index contributed by atoms with van der Waals surface area (Å²) in [5, 5.41) is 6.58. The summed E-state index contributed by atoms with van der Waals surface area (Å²) in [6, 6.07) is 7.62. The van der Waals surface area contributed by atoms with Gasteiger partial charge >= 0.3 is 0 Å². The van der Waals surface area contributed by atoms with E-state index in [0.717, 1.165) is 17.5 Å². The summed E-state index contributed by atoms with van der Waals surface area (Å²) >= 11 is 0. The molecule has 150 valence electrons. The Labute approximate surface area is 175 Å². The first-order valence-electron chi connectivity index (χ1n) is 8.58. The molecule has 1 aromatic rings. The summed E-state index contributed by atoms with van der Waals surface area (Å²) in [5.74, 6) is 2.18. The van der Waals surface area contributed by atoms with Gasteiger partial charge in [-0.3, -0.25) is 4.99 Å². The second kappa shape index (κ2) is 12.2. The van der Waals surface area contributed by atoms with Crippen LogP contribution in [0, 0.1) is 5.41 Å². The van der Waals surface area contributed by atoms with Crippen LogP contribution in [0.5, 0.6) is 11.5 Å². The van der Waals surface area contributed by atoms with E-state index in [9.17, 15) is 0 Å². The third-order valence-electron chi connectivity index (χ3n) is 3.88. The summed E-state index contributed by atoms with van der Waals surface area (Å²) in [6.07, 6.45) is 0.0454. The number of para-hydroxylation sites is 2. The van der Waals surface area contributed by atoms with Gasteiger partial charge in [-0.1, -0.05) is 32.9 Å². The van der Waals surface area contributed by atoms with Crippen molar-refractivity contribution in [3.63, 3.8) is 0 Å². The van der Waals surface area contributed by atoms with E-state index in [1.165, 1.54) is 0 Å². The molecule has 2 atom stereocenters. The van der Waals surface area contributed by atoms with E-state index in [1.807, 2.05) is 31.2 Å². The number of hydrogen-bond acceptors (Lipinski definition) is 4. The first-order chi connectivity index (χ1) is 11.8. The van der Waals surface area contributed by atoms with Crippen LogP contribution in [0.1, 0.15) is 27.7 Å². The molecule has 0 spiro atoms. The van der Waals surface area contributed by atoms with Crippen molar-refractivity contribution in [2.24, 2.45) is 10.4 Å². The van der Waals surface area contributed by atoms with E-state index in [1.54, 1.807) is 21.3 Å². The highest BCUT2D eigenvalue weighted by molar-refractivity contribution is 14.0. The Morgan fingerprint density at radius 3 is 2.15 bits per heavy atom. The van der Waals surface area contributed by atoms with E-state index in [0.29, 0.717) is 13.1 Å². The van der Waals surface area contributed by atoms with Crippen molar-refractivity contribution in [2.75, 3.05) is 34.4 Å². The normalized spacial score (nSPS) is 14.0. The van der Waals surface area contributed by atoms with Crippen molar-refractivity contribution in [2.45, 2.75) is 39.9 Å². The molecule has 2 unspecified atom stereocenters. The van der Waals surface area contributed by atoms with Crippen LogP contribution in [-0.2, 0) is 4.74 Å². The summed E-state index contributed by atoms with van der Waals surface area (Å²) < 4.78 is 16.8. The lowest BCUT2D eigenvalue weighted by atomic mass is 9.89. The minimum Gasteiger partial charge on any atom is -0.493 e. The maximum atomic E-state index is 5.94. The Hall–Kier alpha value is -1.22. The molecule has 0 bridgehead atoms. The van der Waals surface area contributed by atoms with Crippen LogP contribution in [-0.4, -0.2) is 52.5 Å². The number of nitrogens with zero attached hydrogens (tertiary/aromatic N) is 1. The highest BCUT2D eigenvalue weighted by Gasteiger charge is 2.24. The van der Waals surface area contributed by atoms with Gasteiger partial charge in [-0.2, -0.15) is 0 Å². The predicted molar refractivity (Wildman–Crippen MR) is 118 cm³/mol. The van der Waals surface area contributed by atoms with E-state index in [-0.39, 0.29) is 41.6 Å². The lowest BCUT2D eigenvalue weighted by Crippen LogP contribution is -2.47. The predicted octanol–water partition coefficient (Wildman–Crippen LogP) is 3.31. The van der Waals surface area contributed by atoms with E-state index >= 15 is 0 Å². The van der Waals surface area contributed by atoms with Crippen molar-refractivity contribution in [1.82, 2.24) is 10.6 Å². The van der Waals surface area contributed by atoms with Gasteiger partial charge in [-0.25, -0.2) is 0 Å². The van der Waals surface area contributed by atoms with E-state index < -0.39 is 0 Å². The van der Waals surface area contributed by atoms with Gasteiger partial charge in [-0.05, 0) is 24.5 Å². The Kier molecular flexibility index (Phi) is 11.6. The molecule has 6 nitrogen and oxygen atoms in total. The van der Waals surface area contributed by atoms with Crippen molar-refractivity contribution >= 4 is 29.9 Å². The highest BCUT2D eigenvalue weighted by atomic mass is 127. The number of guanidine groups is 1. The van der Waals surface area contributed by atoms with Crippen molar-refractivity contribution in [1.29, 1.82) is 0 Å². The molecule has 2 N–H and O–H groups in total. The van der Waals surface area contributed by atoms with Crippen molar-refractivity contribution in [3.05, 3.63) is 24.3 Å². The zero-order valence-electron chi connectivity index (χ0n) is 17.0. The first kappa shape index (κ1) is 24.8. The maximum Gasteiger partial charge on any atom is 0.191 e. The lowest BCUT2D eigenvalue weighted by molar-refractivity contribution is 0.0205. The molecule has 1 rings (SSSR count). The first-order valence-corrected chi connectivity index (χ1v) is 8.58. The van der Waals surface area contributed by atoms with Gasteiger partial charge in [-0.15, -0.1) is 24.0 Å². The summed E-state index contributed by atoms with van der Waals surface area (Å²) in [4.78, 5) is 4.25. The van der Waals surface area contributed by atoms with Gasteiger partial charge in [0.25, 0.3) is 0 Å².